The minimum absolute atomic E-state index is 0.0924. The Kier molecular flexibility index (Phi) is 2.86. The topological polar surface area (TPSA) is 23.8 Å². The largest absolute Gasteiger partial charge is 0.198 e. The van der Waals surface area contributed by atoms with Gasteiger partial charge in [-0.25, -0.2) is 0 Å². The maximum absolute atomic E-state index is 9.23. The highest BCUT2D eigenvalue weighted by Gasteiger charge is 2.32. The first-order valence-corrected chi connectivity index (χ1v) is 6.43. The average molecular weight is 233 g/mol. The van der Waals surface area contributed by atoms with E-state index >= 15 is 0 Å². The molecule has 2 aromatic rings. The zero-order valence-corrected chi connectivity index (χ0v) is 10.2. The van der Waals surface area contributed by atoms with Crippen LogP contribution in [0.15, 0.2) is 54.6 Å². The molecule has 0 amide bonds. The van der Waals surface area contributed by atoms with Gasteiger partial charge in [-0.05, 0) is 35.4 Å². The van der Waals surface area contributed by atoms with Crippen LogP contribution in [0.1, 0.15) is 24.3 Å². The fourth-order valence-electron chi connectivity index (χ4n) is 2.40. The van der Waals surface area contributed by atoms with E-state index in [0.717, 1.165) is 0 Å². The molecule has 1 atom stereocenters. The predicted molar refractivity (Wildman–Crippen MR) is 73.0 cm³/mol. The van der Waals surface area contributed by atoms with Gasteiger partial charge in [0, 0.05) is 0 Å². The van der Waals surface area contributed by atoms with Gasteiger partial charge in [0.15, 0.2) is 0 Å². The van der Waals surface area contributed by atoms with Crippen LogP contribution in [0.4, 0.5) is 0 Å². The first-order chi connectivity index (χ1) is 8.88. The van der Waals surface area contributed by atoms with Crippen LogP contribution in [0.2, 0.25) is 0 Å². The van der Waals surface area contributed by atoms with E-state index in [0.29, 0.717) is 5.92 Å². The number of benzene rings is 2. The van der Waals surface area contributed by atoms with Crippen LogP contribution in [-0.4, -0.2) is 0 Å². The van der Waals surface area contributed by atoms with Gasteiger partial charge in [-0.1, -0.05) is 54.6 Å². The van der Waals surface area contributed by atoms with Crippen LogP contribution in [0.3, 0.4) is 0 Å². The molecule has 1 heteroatoms. The molecule has 0 spiro atoms. The van der Waals surface area contributed by atoms with E-state index in [2.05, 4.69) is 42.5 Å². The van der Waals surface area contributed by atoms with Gasteiger partial charge >= 0.3 is 0 Å². The molecule has 0 heterocycles. The number of hydrogen-bond donors (Lipinski definition) is 0. The summed E-state index contributed by atoms with van der Waals surface area (Å²) in [4.78, 5) is 0. The molecule has 0 bridgehead atoms. The quantitative estimate of drug-likeness (QED) is 0.772. The van der Waals surface area contributed by atoms with Crippen molar-refractivity contribution in [3.05, 3.63) is 60.2 Å². The van der Waals surface area contributed by atoms with E-state index in [1.54, 1.807) is 0 Å². The van der Waals surface area contributed by atoms with Gasteiger partial charge in [-0.15, -0.1) is 0 Å². The van der Waals surface area contributed by atoms with Crippen molar-refractivity contribution in [2.24, 2.45) is 5.92 Å². The van der Waals surface area contributed by atoms with Crippen molar-refractivity contribution < 1.29 is 0 Å². The Morgan fingerprint density at radius 2 is 1.50 bits per heavy atom. The van der Waals surface area contributed by atoms with Gasteiger partial charge in [-0.2, -0.15) is 5.26 Å². The third kappa shape index (κ3) is 2.15. The van der Waals surface area contributed by atoms with Crippen molar-refractivity contribution in [1.82, 2.24) is 0 Å². The van der Waals surface area contributed by atoms with Crippen molar-refractivity contribution in [1.29, 1.82) is 5.26 Å². The maximum atomic E-state index is 9.23. The molecule has 88 valence electrons. The van der Waals surface area contributed by atoms with Crippen LogP contribution in [0.5, 0.6) is 0 Å². The summed E-state index contributed by atoms with van der Waals surface area (Å²) in [6, 6.07) is 21.2. The molecule has 18 heavy (non-hydrogen) atoms. The second kappa shape index (κ2) is 4.66. The first-order valence-electron chi connectivity index (χ1n) is 6.43. The fourth-order valence-corrected chi connectivity index (χ4v) is 2.40. The van der Waals surface area contributed by atoms with Gasteiger partial charge in [-0.3, -0.25) is 0 Å². The second-order valence-electron chi connectivity index (χ2n) is 4.93. The predicted octanol–water partition coefficient (Wildman–Crippen LogP) is 4.37. The highest BCUT2D eigenvalue weighted by Crippen LogP contribution is 2.42. The minimum atomic E-state index is 0.0924. The Bertz CT molecular complexity index is 559. The molecule has 1 saturated carbocycles. The summed E-state index contributed by atoms with van der Waals surface area (Å²) in [6.07, 6.45) is 2.41. The Morgan fingerprint density at radius 1 is 0.889 bits per heavy atom. The summed E-state index contributed by atoms with van der Waals surface area (Å²) < 4.78 is 0. The van der Waals surface area contributed by atoms with Gasteiger partial charge < -0.3 is 0 Å². The van der Waals surface area contributed by atoms with E-state index in [-0.39, 0.29) is 5.92 Å². The minimum Gasteiger partial charge on any atom is -0.198 e. The van der Waals surface area contributed by atoms with Crippen LogP contribution in [-0.2, 0) is 0 Å². The van der Waals surface area contributed by atoms with Crippen molar-refractivity contribution in [2.75, 3.05) is 0 Å². The molecule has 0 aliphatic heterocycles. The van der Waals surface area contributed by atoms with Crippen LogP contribution >= 0.6 is 0 Å². The van der Waals surface area contributed by atoms with E-state index in [9.17, 15) is 5.26 Å². The Morgan fingerprint density at radius 3 is 2.06 bits per heavy atom. The molecule has 1 unspecified atom stereocenters. The number of hydrogen-bond acceptors (Lipinski definition) is 1. The lowest BCUT2D eigenvalue weighted by Crippen LogP contribution is -1.97. The van der Waals surface area contributed by atoms with Crippen molar-refractivity contribution in [2.45, 2.75) is 18.8 Å². The molecule has 1 nitrogen and oxygen atoms in total. The normalized spacial score (nSPS) is 15.9. The summed E-state index contributed by atoms with van der Waals surface area (Å²) >= 11 is 0. The number of nitrogens with zero attached hydrogens (tertiary/aromatic N) is 1. The van der Waals surface area contributed by atoms with Gasteiger partial charge in [0.25, 0.3) is 0 Å². The van der Waals surface area contributed by atoms with Crippen molar-refractivity contribution in [3.8, 4) is 17.2 Å². The van der Waals surface area contributed by atoms with E-state index in [1.807, 2.05) is 18.2 Å². The van der Waals surface area contributed by atoms with Crippen LogP contribution < -0.4 is 0 Å². The molecular formula is C17H15N. The van der Waals surface area contributed by atoms with Crippen molar-refractivity contribution in [3.63, 3.8) is 0 Å². The van der Waals surface area contributed by atoms with Crippen LogP contribution in [0, 0.1) is 17.2 Å². The lowest BCUT2D eigenvalue weighted by molar-refractivity contribution is 0.740. The highest BCUT2D eigenvalue weighted by atomic mass is 14.4. The molecule has 1 aliphatic rings. The third-order valence-electron chi connectivity index (χ3n) is 3.61. The monoisotopic (exact) mass is 233 g/mol. The third-order valence-corrected chi connectivity index (χ3v) is 3.61. The Balaban J connectivity index is 1.87. The van der Waals surface area contributed by atoms with Gasteiger partial charge in [0.1, 0.15) is 0 Å². The first kappa shape index (κ1) is 11.0. The van der Waals surface area contributed by atoms with Gasteiger partial charge in [0.2, 0.25) is 0 Å². The zero-order valence-electron chi connectivity index (χ0n) is 10.2. The summed E-state index contributed by atoms with van der Waals surface area (Å²) in [6.45, 7) is 0. The summed E-state index contributed by atoms with van der Waals surface area (Å²) in [5.41, 5.74) is 3.61. The molecule has 0 aromatic heterocycles. The molecule has 0 N–H and O–H groups in total. The van der Waals surface area contributed by atoms with E-state index in [1.165, 1.54) is 29.5 Å². The summed E-state index contributed by atoms with van der Waals surface area (Å²) in [5.74, 6) is 0.687. The fraction of sp³-hybridized carbons (Fsp3) is 0.235. The smallest absolute Gasteiger partial charge is 0.0740 e. The molecule has 3 rings (SSSR count). The summed E-state index contributed by atoms with van der Waals surface area (Å²) in [7, 11) is 0. The molecule has 0 saturated heterocycles. The number of nitriles is 1. The zero-order chi connectivity index (χ0) is 12.4. The highest BCUT2D eigenvalue weighted by molar-refractivity contribution is 5.63. The lowest BCUT2D eigenvalue weighted by Gasteiger charge is -2.09. The van der Waals surface area contributed by atoms with Gasteiger partial charge in [0.05, 0.1) is 12.0 Å². The Labute approximate surface area is 108 Å². The number of rotatable bonds is 3. The maximum Gasteiger partial charge on any atom is 0.0740 e. The van der Waals surface area contributed by atoms with Crippen LogP contribution in [0.25, 0.3) is 11.1 Å². The van der Waals surface area contributed by atoms with E-state index < -0.39 is 0 Å². The second-order valence-corrected chi connectivity index (χ2v) is 4.93. The molecular weight excluding hydrogens is 218 g/mol. The SMILES string of the molecule is N#CC(c1ccc(-c2ccccc2)cc1)C1CC1. The molecule has 2 aromatic carbocycles. The van der Waals surface area contributed by atoms with E-state index in [4.69, 9.17) is 0 Å². The summed E-state index contributed by atoms with van der Waals surface area (Å²) in [5, 5.41) is 9.23. The lowest BCUT2D eigenvalue weighted by atomic mass is 9.94. The molecule has 1 aliphatic carbocycles. The van der Waals surface area contributed by atoms with Crippen molar-refractivity contribution >= 4 is 0 Å². The molecule has 0 radical (unpaired) electrons. The standard InChI is InChI=1S/C17H15N/c18-12-17(16-10-11-16)15-8-6-14(7-9-15)13-4-2-1-3-5-13/h1-9,16-17H,10-11H2. The average Bonchev–Trinajstić information content (AvgIpc) is 3.26. The molecule has 1 fully saturated rings. The Hall–Kier alpha value is -2.07.